The highest BCUT2D eigenvalue weighted by Crippen LogP contribution is 2.41. The molecule has 3 nitrogen and oxygen atoms in total. The number of hydrogen-bond acceptors (Lipinski definition) is 3. The molecule has 0 saturated heterocycles. The average Bonchev–Trinajstić information content (AvgIpc) is 2.68. The monoisotopic (exact) mass is 357 g/mol. The van der Waals surface area contributed by atoms with Gasteiger partial charge >= 0.3 is 0 Å². The molecule has 27 heavy (non-hydrogen) atoms. The van der Waals surface area contributed by atoms with E-state index in [2.05, 4.69) is 55.2 Å². The molecular weight excluding hydrogens is 334 g/mol. The van der Waals surface area contributed by atoms with Crippen LogP contribution >= 0.6 is 0 Å². The van der Waals surface area contributed by atoms with Crippen LogP contribution in [-0.4, -0.2) is 13.7 Å². The molecule has 0 amide bonds. The van der Waals surface area contributed by atoms with E-state index in [1.165, 1.54) is 11.1 Å². The molecule has 1 heterocycles. The summed E-state index contributed by atoms with van der Waals surface area (Å²) < 4.78 is 11.8. The van der Waals surface area contributed by atoms with Crippen LogP contribution in [-0.2, 0) is 0 Å². The Hall–Kier alpha value is -3.07. The van der Waals surface area contributed by atoms with Crippen LogP contribution < -0.4 is 10.1 Å². The van der Waals surface area contributed by atoms with E-state index < -0.39 is 0 Å². The smallest absolute Gasteiger partial charge is 0.139 e. The molecule has 0 radical (unpaired) electrons. The molecule has 2 aromatic carbocycles. The zero-order chi connectivity index (χ0) is 19.0. The van der Waals surface area contributed by atoms with Crippen LogP contribution in [0.3, 0.4) is 0 Å². The number of hydrogen-bond donors (Lipinski definition) is 0. The maximum Gasteiger partial charge on any atom is 0.139 e. The molecule has 2 aromatic rings. The summed E-state index contributed by atoms with van der Waals surface area (Å²) >= 11 is 0. The van der Waals surface area contributed by atoms with Crippen molar-refractivity contribution in [1.29, 1.82) is 0 Å². The number of aryl methyl sites for hydroxylation is 2. The Labute approximate surface area is 159 Å². The van der Waals surface area contributed by atoms with Gasteiger partial charge in [-0.3, -0.25) is 4.99 Å². The van der Waals surface area contributed by atoms with Crippen LogP contribution in [0.5, 0.6) is 5.75 Å². The van der Waals surface area contributed by atoms with E-state index in [0.29, 0.717) is 0 Å². The van der Waals surface area contributed by atoms with Crippen molar-refractivity contribution in [1.82, 2.24) is 0 Å². The van der Waals surface area contributed by atoms with Gasteiger partial charge in [0.2, 0.25) is 0 Å². The van der Waals surface area contributed by atoms with Gasteiger partial charge in [-0.05, 0) is 49.6 Å². The fourth-order valence-electron chi connectivity index (χ4n) is 3.65. The van der Waals surface area contributed by atoms with Gasteiger partial charge in [0.1, 0.15) is 17.1 Å². The number of fused-ring (bicyclic) bond motifs is 2. The first-order valence-corrected chi connectivity index (χ1v) is 9.24. The summed E-state index contributed by atoms with van der Waals surface area (Å²) in [7, 11) is 1.69. The maximum absolute atomic E-state index is 6.31. The van der Waals surface area contributed by atoms with Crippen LogP contribution in [0.15, 0.2) is 64.0 Å². The molecule has 2 aliphatic rings. The largest absolute Gasteiger partial charge is 0.496 e. The fraction of sp³-hybridized carbons (Fsp3) is 0.208. The summed E-state index contributed by atoms with van der Waals surface area (Å²) in [6.45, 7) is 6.96. The molecule has 0 aromatic heterocycles. The topological polar surface area (TPSA) is 34.7 Å². The van der Waals surface area contributed by atoms with Gasteiger partial charge in [0.05, 0.1) is 12.5 Å². The maximum atomic E-state index is 6.31. The zero-order valence-corrected chi connectivity index (χ0v) is 16.2. The normalized spacial score (nSPS) is 12.1. The molecule has 0 N–H and O–H groups in total. The highest BCUT2D eigenvalue weighted by atomic mass is 16.5. The minimum absolute atomic E-state index is 0.748. The van der Waals surface area contributed by atoms with Gasteiger partial charge in [0.15, 0.2) is 0 Å². The number of rotatable bonds is 3. The van der Waals surface area contributed by atoms with E-state index in [0.717, 1.165) is 51.1 Å². The van der Waals surface area contributed by atoms with Gasteiger partial charge in [0, 0.05) is 35.2 Å². The molecule has 0 bridgehead atoms. The Morgan fingerprint density at radius 1 is 0.963 bits per heavy atom. The van der Waals surface area contributed by atoms with Gasteiger partial charge in [-0.2, -0.15) is 0 Å². The summed E-state index contributed by atoms with van der Waals surface area (Å²) in [5.74, 6) is 1.67. The second-order valence-corrected chi connectivity index (χ2v) is 6.77. The lowest BCUT2D eigenvalue weighted by atomic mass is 9.92. The third kappa shape index (κ3) is 2.99. The van der Waals surface area contributed by atoms with Crippen LogP contribution in [0.2, 0.25) is 0 Å². The minimum Gasteiger partial charge on any atom is -0.496 e. The van der Waals surface area contributed by atoms with E-state index in [-0.39, 0.29) is 0 Å². The fourth-order valence-corrected chi connectivity index (χ4v) is 3.65. The summed E-state index contributed by atoms with van der Waals surface area (Å²) in [5.41, 5.74) is 6.52. The molecule has 1 aliphatic heterocycles. The van der Waals surface area contributed by atoms with Crippen molar-refractivity contribution in [2.75, 3.05) is 13.7 Å². The molecule has 0 fully saturated rings. The van der Waals surface area contributed by atoms with Crippen molar-refractivity contribution in [3.8, 4) is 28.2 Å². The van der Waals surface area contributed by atoms with Crippen LogP contribution in [0, 0.1) is 13.8 Å². The molecule has 0 unspecified atom stereocenters. The van der Waals surface area contributed by atoms with Crippen molar-refractivity contribution in [2.45, 2.75) is 20.8 Å². The van der Waals surface area contributed by atoms with Crippen LogP contribution in [0.25, 0.3) is 33.4 Å². The van der Waals surface area contributed by atoms with Gasteiger partial charge in [0.25, 0.3) is 0 Å². The first-order valence-electron chi connectivity index (χ1n) is 9.24. The molecule has 4 rings (SSSR count). The van der Waals surface area contributed by atoms with Gasteiger partial charge in [-0.15, -0.1) is 0 Å². The zero-order valence-electron chi connectivity index (χ0n) is 16.2. The standard InChI is InChI=1S/C24H23NO2/c1-5-25-20-13-22-18(11-15(20)2)24(17-9-7-6-8-10-17)19-12-16(3)21(26-4)14-23(19)27-22/h6-14H,5H2,1-4H3. The number of ether oxygens (including phenoxy) is 1. The first-order chi connectivity index (χ1) is 13.1. The molecule has 1 aliphatic carbocycles. The highest BCUT2D eigenvalue weighted by molar-refractivity contribution is 6.02. The predicted molar refractivity (Wildman–Crippen MR) is 110 cm³/mol. The van der Waals surface area contributed by atoms with Gasteiger partial charge < -0.3 is 9.15 Å². The second kappa shape index (κ2) is 6.92. The van der Waals surface area contributed by atoms with E-state index in [4.69, 9.17) is 9.15 Å². The number of methoxy groups -OCH3 is 1. The Morgan fingerprint density at radius 2 is 1.74 bits per heavy atom. The van der Waals surface area contributed by atoms with Crippen molar-refractivity contribution in [3.63, 3.8) is 0 Å². The molecule has 0 saturated carbocycles. The lowest BCUT2D eigenvalue weighted by Crippen LogP contribution is -2.08. The summed E-state index contributed by atoms with van der Waals surface area (Å²) in [6.07, 6.45) is 0. The Bertz CT molecular complexity index is 1160. The quantitative estimate of drug-likeness (QED) is 0.438. The van der Waals surface area contributed by atoms with E-state index >= 15 is 0 Å². The van der Waals surface area contributed by atoms with Crippen molar-refractivity contribution in [3.05, 3.63) is 71.1 Å². The van der Waals surface area contributed by atoms with Gasteiger partial charge in [-0.25, -0.2) is 0 Å². The average molecular weight is 357 g/mol. The van der Waals surface area contributed by atoms with E-state index in [1.54, 1.807) is 7.11 Å². The second-order valence-electron chi connectivity index (χ2n) is 6.77. The van der Waals surface area contributed by atoms with E-state index in [1.807, 2.05) is 25.1 Å². The predicted octanol–water partition coefficient (Wildman–Crippen LogP) is 5.75. The Morgan fingerprint density at radius 3 is 2.44 bits per heavy atom. The Balaban J connectivity index is 2.19. The van der Waals surface area contributed by atoms with Crippen molar-refractivity contribution >= 4 is 11.0 Å². The SMILES string of the molecule is CCN=c1cc2oc3cc(OC)c(C)cc3c(-c3ccccc3)c-2cc1C. The lowest BCUT2D eigenvalue weighted by molar-refractivity contribution is 0.411. The van der Waals surface area contributed by atoms with Crippen molar-refractivity contribution in [2.24, 2.45) is 4.99 Å². The van der Waals surface area contributed by atoms with E-state index in [9.17, 15) is 0 Å². The molecule has 0 atom stereocenters. The number of nitrogens with zero attached hydrogens (tertiary/aromatic N) is 1. The van der Waals surface area contributed by atoms with Gasteiger partial charge in [-0.1, -0.05) is 30.3 Å². The summed E-state index contributed by atoms with van der Waals surface area (Å²) in [5, 5.41) is 2.07. The summed E-state index contributed by atoms with van der Waals surface area (Å²) in [6, 6.07) is 18.8. The summed E-state index contributed by atoms with van der Waals surface area (Å²) in [4.78, 5) is 4.60. The molecular formula is C24H23NO2. The minimum atomic E-state index is 0.748. The van der Waals surface area contributed by atoms with Crippen molar-refractivity contribution < 1.29 is 9.15 Å². The number of benzene rings is 3. The molecule has 3 heteroatoms. The first kappa shape index (κ1) is 17.3. The third-order valence-corrected chi connectivity index (χ3v) is 4.94. The highest BCUT2D eigenvalue weighted by Gasteiger charge is 2.19. The van der Waals surface area contributed by atoms with Crippen LogP contribution in [0.4, 0.5) is 0 Å². The lowest BCUT2D eigenvalue weighted by Gasteiger charge is -2.17. The molecule has 136 valence electrons. The Kier molecular flexibility index (Phi) is 4.44. The van der Waals surface area contributed by atoms with Crippen LogP contribution in [0.1, 0.15) is 18.1 Å². The molecule has 0 spiro atoms. The third-order valence-electron chi connectivity index (χ3n) is 4.94.